The fraction of sp³-hybridized carbons (Fsp3) is 0.600. The van der Waals surface area contributed by atoms with Crippen LogP contribution in [0.1, 0.15) is 31.7 Å². The summed E-state index contributed by atoms with van der Waals surface area (Å²) in [5.74, 6) is 0. The molecule has 1 aliphatic heterocycles. The third-order valence-corrected chi connectivity index (χ3v) is 6.43. The van der Waals surface area contributed by atoms with Crippen molar-refractivity contribution in [2.75, 3.05) is 19.6 Å². The van der Waals surface area contributed by atoms with Crippen LogP contribution in [-0.2, 0) is 10.0 Å². The van der Waals surface area contributed by atoms with Gasteiger partial charge in [0.05, 0.1) is 4.90 Å². The molecule has 1 unspecified atom stereocenters. The van der Waals surface area contributed by atoms with Crippen molar-refractivity contribution >= 4 is 21.6 Å². The van der Waals surface area contributed by atoms with Crippen LogP contribution in [-0.4, -0.2) is 38.4 Å². The quantitative estimate of drug-likeness (QED) is 0.903. The molecule has 0 aromatic heterocycles. The van der Waals surface area contributed by atoms with Crippen LogP contribution in [0.5, 0.6) is 0 Å². The molecule has 118 valence electrons. The van der Waals surface area contributed by atoms with Gasteiger partial charge in [0, 0.05) is 24.2 Å². The Bertz CT molecular complexity index is 583. The Morgan fingerprint density at radius 3 is 2.81 bits per heavy atom. The predicted molar refractivity (Wildman–Crippen MR) is 86.3 cm³/mol. The number of hydrogen-bond donors (Lipinski definition) is 1. The first kappa shape index (κ1) is 16.7. The highest BCUT2D eigenvalue weighted by Crippen LogP contribution is 2.28. The summed E-state index contributed by atoms with van der Waals surface area (Å²) in [7, 11) is -3.51. The average molecular weight is 331 g/mol. The molecule has 1 saturated heterocycles. The van der Waals surface area contributed by atoms with E-state index in [1.807, 2.05) is 6.92 Å². The van der Waals surface area contributed by atoms with Gasteiger partial charge in [0.1, 0.15) is 0 Å². The second kappa shape index (κ2) is 7.09. The van der Waals surface area contributed by atoms with Crippen molar-refractivity contribution in [2.45, 2.75) is 44.0 Å². The van der Waals surface area contributed by atoms with Crippen molar-refractivity contribution in [3.8, 4) is 0 Å². The van der Waals surface area contributed by atoms with E-state index in [0.717, 1.165) is 32.4 Å². The number of nitrogens with zero attached hydrogens (tertiary/aromatic N) is 1. The second-order valence-electron chi connectivity index (χ2n) is 5.48. The summed E-state index contributed by atoms with van der Waals surface area (Å²) in [6.45, 7) is 5.99. The molecule has 1 fully saturated rings. The second-order valence-corrected chi connectivity index (χ2v) is 7.75. The Balaban J connectivity index is 2.39. The largest absolute Gasteiger partial charge is 0.315 e. The fourth-order valence-corrected chi connectivity index (χ4v) is 5.02. The van der Waals surface area contributed by atoms with E-state index >= 15 is 0 Å². The van der Waals surface area contributed by atoms with E-state index in [4.69, 9.17) is 11.6 Å². The molecule has 0 bridgehead atoms. The van der Waals surface area contributed by atoms with Gasteiger partial charge in [0.15, 0.2) is 0 Å². The monoisotopic (exact) mass is 330 g/mol. The molecular formula is C15H23ClN2O2S. The summed E-state index contributed by atoms with van der Waals surface area (Å²) in [6.07, 6.45) is 2.72. The first-order valence-corrected chi connectivity index (χ1v) is 9.28. The molecule has 1 heterocycles. The van der Waals surface area contributed by atoms with Crippen LogP contribution in [0.2, 0.25) is 5.02 Å². The van der Waals surface area contributed by atoms with Crippen LogP contribution in [0.15, 0.2) is 23.1 Å². The normalized spacial score (nSPS) is 19.9. The topological polar surface area (TPSA) is 49.4 Å². The van der Waals surface area contributed by atoms with Crippen LogP contribution < -0.4 is 5.32 Å². The fourth-order valence-electron chi connectivity index (χ4n) is 2.79. The van der Waals surface area contributed by atoms with Crippen LogP contribution in [0.3, 0.4) is 0 Å². The number of sulfonamides is 1. The number of nitrogens with one attached hydrogen (secondary N) is 1. The minimum absolute atomic E-state index is 0.0297. The zero-order valence-corrected chi connectivity index (χ0v) is 14.2. The third kappa shape index (κ3) is 3.59. The van der Waals surface area contributed by atoms with Crippen molar-refractivity contribution in [1.29, 1.82) is 0 Å². The van der Waals surface area contributed by atoms with E-state index in [1.165, 1.54) is 0 Å². The summed E-state index contributed by atoms with van der Waals surface area (Å²) in [5, 5.41) is 3.79. The van der Waals surface area contributed by atoms with Gasteiger partial charge in [-0.3, -0.25) is 0 Å². The van der Waals surface area contributed by atoms with Crippen LogP contribution in [0.25, 0.3) is 0 Å². The van der Waals surface area contributed by atoms with E-state index < -0.39 is 10.0 Å². The Morgan fingerprint density at radius 1 is 1.43 bits per heavy atom. The summed E-state index contributed by atoms with van der Waals surface area (Å²) < 4.78 is 27.7. The molecule has 0 amide bonds. The Morgan fingerprint density at radius 2 is 2.19 bits per heavy atom. The lowest BCUT2D eigenvalue weighted by Gasteiger charge is -2.34. The molecule has 21 heavy (non-hydrogen) atoms. The molecule has 4 nitrogen and oxygen atoms in total. The zero-order chi connectivity index (χ0) is 15.5. The maximum Gasteiger partial charge on any atom is 0.243 e. The molecule has 2 rings (SSSR count). The summed E-state index contributed by atoms with van der Waals surface area (Å²) in [6, 6.07) is 5.10. The van der Waals surface area contributed by atoms with Crippen LogP contribution in [0.4, 0.5) is 0 Å². The molecule has 0 radical (unpaired) electrons. The highest BCUT2D eigenvalue weighted by Gasteiger charge is 2.32. The van der Waals surface area contributed by atoms with Crippen molar-refractivity contribution in [2.24, 2.45) is 0 Å². The van der Waals surface area contributed by atoms with Gasteiger partial charge in [-0.05, 0) is 50.4 Å². The molecule has 1 aliphatic rings. The van der Waals surface area contributed by atoms with Gasteiger partial charge in [-0.25, -0.2) is 8.42 Å². The first-order valence-electron chi connectivity index (χ1n) is 7.46. The third-order valence-electron chi connectivity index (χ3n) is 3.93. The number of hydrogen-bond acceptors (Lipinski definition) is 3. The number of benzene rings is 1. The smallest absolute Gasteiger partial charge is 0.243 e. The van der Waals surface area contributed by atoms with Crippen LogP contribution in [0, 0.1) is 6.92 Å². The van der Waals surface area contributed by atoms with E-state index in [1.54, 1.807) is 29.4 Å². The average Bonchev–Trinajstić information content (AvgIpc) is 2.48. The van der Waals surface area contributed by atoms with Crippen molar-refractivity contribution in [3.63, 3.8) is 0 Å². The van der Waals surface area contributed by atoms with Gasteiger partial charge in [0.25, 0.3) is 0 Å². The maximum absolute atomic E-state index is 13.0. The Labute approximate surface area is 132 Å². The molecule has 6 heteroatoms. The molecule has 0 spiro atoms. The molecule has 1 atom stereocenters. The lowest BCUT2D eigenvalue weighted by Crippen LogP contribution is -2.49. The first-order chi connectivity index (χ1) is 9.98. The van der Waals surface area contributed by atoms with Gasteiger partial charge in [-0.15, -0.1) is 0 Å². The van der Waals surface area contributed by atoms with Crippen molar-refractivity contribution in [1.82, 2.24) is 9.62 Å². The minimum atomic E-state index is -3.51. The SMILES string of the molecule is CCCN(C1CCCNC1)S(=O)(=O)c1cccc(Cl)c1C. The minimum Gasteiger partial charge on any atom is -0.315 e. The Hall–Kier alpha value is -0.620. The Kier molecular flexibility index (Phi) is 5.66. The molecule has 1 aromatic carbocycles. The highest BCUT2D eigenvalue weighted by atomic mass is 35.5. The number of halogens is 1. The van der Waals surface area contributed by atoms with Gasteiger partial charge < -0.3 is 5.32 Å². The molecule has 0 aliphatic carbocycles. The molecule has 1 aromatic rings. The molecule has 1 N–H and O–H groups in total. The van der Waals surface area contributed by atoms with Gasteiger partial charge in [-0.1, -0.05) is 24.6 Å². The van der Waals surface area contributed by atoms with Gasteiger partial charge in [-0.2, -0.15) is 4.31 Å². The molecular weight excluding hydrogens is 308 g/mol. The summed E-state index contributed by atoms with van der Waals surface area (Å²) >= 11 is 6.09. The van der Waals surface area contributed by atoms with Crippen molar-refractivity contribution < 1.29 is 8.42 Å². The summed E-state index contributed by atoms with van der Waals surface area (Å²) in [4.78, 5) is 0.328. The lowest BCUT2D eigenvalue weighted by molar-refractivity contribution is 0.266. The molecule has 0 saturated carbocycles. The van der Waals surface area contributed by atoms with Crippen molar-refractivity contribution in [3.05, 3.63) is 28.8 Å². The van der Waals surface area contributed by atoms with E-state index in [-0.39, 0.29) is 6.04 Å². The highest BCUT2D eigenvalue weighted by molar-refractivity contribution is 7.89. The summed E-state index contributed by atoms with van der Waals surface area (Å²) in [5.41, 5.74) is 0.629. The number of rotatable bonds is 5. The standard InChI is InChI=1S/C15H23ClN2O2S/c1-3-10-18(13-6-5-9-17-11-13)21(19,20)15-8-4-7-14(16)12(15)2/h4,7-8,13,17H,3,5-6,9-11H2,1-2H3. The van der Waals surface area contributed by atoms with Gasteiger partial charge >= 0.3 is 0 Å². The van der Waals surface area contributed by atoms with E-state index in [0.29, 0.717) is 22.0 Å². The van der Waals surface area contributed by atoms with E-state index in [9.17, 15) is 8.42 Å². The maximum atomic E-state index is 13.0. The van der Waals surface area contributed by atoms with E-state index in [2.05, 4.69) is 5.32 Å². The van der Waals surface area contributed by atoms with Gasteiger partial charge in [0.2, 0.25) is 10.0 Å². The number of piperidine rings is 1. The zero-order valence-electron chi connectivity index (χ0n) is 12.6. The van der Waals surface area contributed by atoms with Crippen LogP contribution >= 0.6 is 11.6 Å². The lowest BCUT2D eigenvalue weighted by atomic mass is 10.1. The predicted octanol–water partition coefficient (Wildman–Crippen LogP) is 2.80.